The van der Waals surface area contributed by atoms with Gasteiger partial charge in [-0.1, -0.05) is 24.8 Å². The maximum Gasteiger partial charge on any atom is 0.242 e. The number of aliphatic imine (C=N–C) groups is 1. The molecule has 1 heterocycles. The fourth-order valence-corrected chi connectivity index (χ4v) is 5.33. The first-order valence-electron chi connectivity index (χ1n) is 10.3. The number of benzene rings is 2. The maximum atomic E-state index is 13.2. The second kappa shape index (κ2) is 10.1. The van der Waals surface area contributed by atoms with Crippen molar-refractivity contribution in [1.29, 1.82) is 0 Å². The van der Waals surface area contributed by atoms with Crippen LogP contribution in [0.2, 0.25) is 0 Å². The van der Waals surface area contributed by atoms with Crippen LogP contribution in [0.25, 0.3) is 0 Å². The van der Waals surface area contributed by atoms with Gasteiger partial charge in [0.05, 0.1) is 24.1 Å². The van der Waals surface area contributed by atoms with Crippen molar-refractivity contribution in [2.24, 2.45) is 4.99 Å². The highest BCUT2D eigenvalue weighted by Crippen LogP contribution is 2.31. The van der Waals surface area contributed by atoms with Crippen LogP contribution in [0.4, 0.5) is 5.69 Å². The van der Waals surface area contributed by atoms with Crippen molar-refractivity contribution in [3.63, 3.8) is 0 Å². The molecule has 0 bridgehead atoms. The van der Waals surface area contributed by atoms with Gasteiger partial charge in [-0.25, -0.2) is 17.7 Å². The molecular weight excluding hydrogens is 462 g/mol. The van der Waals surface area contributed by atoms with Crippen LogP contribution < -0.4 is 4.74 Å². The SMILES string of the molecule is COc1ccc(C(C)=O)cc1CC(=O)N1CC(C)SC1=Nc1cccc(S(=O)(=O)N(C)C)c1. The van der Waals surface area contributed by atoms with E-state index < -0.39 is 10.0 Å². The second-order valence-electron chi connectivity index (χ2n) is 7.87. The van der Waals surface area contributed by atoms with Gasteiger partial charge < -0.3 is 4.74 Å². The number of Topliss-reactive ketones (excluding diaryl/α,β-unsaturated/α-hetero) is 1. The van der Waals surface area contributed by atoms with Crippen LogP contribution in [-0.4, -0.2) is 67.5 Å². The van der Waals surface area contributed by atoms with Gasteiger partial charge in [0.1, 0.15) is 5.75 Å². The van der Waals surface area contributed by atoms with E-state index in [0.717, 1.165) is 4.31 Å². The van der Waals surface area contributed by atoms with Crippen molar-refractivity contribution in [3.05, 3.63) is 53.6 Å². The molecule has 1 unspecified atom stereocenters. The van der Waals surface area contributed by atoms with Gasteiger partial charge in [0.25, 0.3) is 0 Å². The van der Waals surface area contributed by atoms with Crippen LogP contribution in [0.5, 0.6) is 5.75 Å². The van der Waals surface area contributed by atoms with Gasteiger partial charge in [0.2, 0.25) is 15.9 Å². The number of hydrogen-bond acceptors (Lipinski definition) is 7. The first kappa shape index (κ1) is 24.9. The Hall–Kier alpha value is -2.69. The van der Waals surface area contributed by atoms with Gasteiger partial charge in [-0.3, -0.25) is 14.5 Å². The van der Waals surface area contributed by atoms with Crippen LogP contribution in [0.3, 0.4) is 0 Å². The number of ketones is 1. The number of carbonyl (C=O) groups excluding carboxylic acids is 2. The molecule has 0 radical (unpaired) electrons. The molecule has 1 saturated heterocycles. The smallest absolute Gasteiger partial charge is 0.242 e. The Morgan fingerprint density at radius 2 is 1.94 bits per heavy atom. The molecule has 33 heavy (non-hydrogen) atoms. The molecule has 0 spiro atoms. The van der Waals surface area contributed by atoms with Crippen LogP contribution in [0.1, 0.15) is 29.8 Å². The Morgan fingerprint density at radius 1 is 1.21 bits per heavy atom. The van der Waals surface area contributed by atoms with E-state index in [9.17, 15) is 18.0 Å². The van der Waals surface area contributed by atoms with Crippen molar-refractivity contribution in [2.75, 3.05) is 27.7 Å². The zero-order valence-electron chi connectivity index (χ0n) is 19.2. The van der Waals surface area contributed by atoms with Crippen LogP contribution in [-0.2, 0) is 21.2 Å². The molecule has 1 atom stereocenters. The van der Waals surface area contributed by atoms with Crippen molar-refractivity contribution in [3.8, 4) is 5.75 Å². The van der Waals surface area contributed by atoms with Gasteiger partial charge in [0.15, 0.2) is 11.0 Å². The molecule has 0 saturated carbocycles. The van der Waals surface area contributed by atoms with E-state index in [1.807, 2.05) is 6.92 Å². The third-order valence-electron chi connectivity index (χ3n) is 5.13. The minimum atomic E-state index is -3.60. The fraction of sp³-hybridized carbons (Fsp3) is 0.348. The summed E-state index contributed by atoms with van der Waals surface area (Å²) in [5, 5.41) is 0.639. The summed E-state index contributed by atoms with van der Waals surface area (Å²) in [4.78, 5) is 31.3. The van der Waals surface area contributed by atoms with Crippen molar-refractivity contribution < 1.29 is 22.7 Å². The highest BCUT2D eigenvalue weighted by Gasteiger charge is 2.31. The molecule has 1 aliphatic rings. The monoisotopic (exact) mass is 489 g/mol. The van der Waals surface area contributed by atoms with E-state index in [2.05, 4.69) is 4.99 Å². The number of ether oxygens (including phenoxy) is 1. The molecule has 1 amide bonds. The first-order valence-corrected chi connectivity index (χ1v) is 12.6. The first-order chi connectivity index (χ1) is 15.5. The average Bonchev–Trinajstić information content (AvgIpc) is 3.13. The number of thioether (sulfide) groups is 1. The van der Waals surface area contributed by atoms with Crippen LogP contribution in [0.15, 0.2) is 52.4 Å². The lowest BCUT2D eigenvalue weighted by Gasteiger charge is -2.18. The average molecular weight is 490 g/mol. The summed E-state index contributed by atoms with van der Waals surface area (Å²) in [6.07, 6.45) is 0.0473. The lowest BCUT2D eigenvalue weighted by Crippen LogP contribution is -2.33. The van der Waals surface area contributed by atoms with Crippen LogP contribution in [0, 0.1) is 0 Å². The summed E-state index contributed by atoms with van der Waals surface area (Å²) in [6, 6.07) is 11.4. The maximum absolute atomic E-state index is 13.2. The third kappa shape index (κ3) is 5.63. The van der Waals surface area contributed by atoms with E-state index in [-0.39, 0.29) is 28.3 Å². The molecule has 2 aromatic rings. The number of methoxy groups -OCH3 is 1. The lowest BCUT2D eigenvalue weighted by atomic mass is 10.0. The Kier molecular flexibility index (Phi) is 7.61. The molecule has 8 nitrogen and oxygen atoms in total. The number of rotatable bonds is 7. The van der Waals surface area contributed by atoms with Gasteiger partial charge in [-0.05, 0) is 43.3 Å². The Balaban J connectivity index is 1.90. The second-order valence-corrected chi connectivity index (χ2v) is 11.4. The Morgan fingerprint density at radius 3 is 2.58 bits per heavy atom. The van der Waals surface area contributed by atoms with Crippen molar-refractivity contribution in [2.45, 2.75) is 30.4 Å². The highest BCUT2D eigenvalue weighted by molar-refractivity contribution is 8.14. The molecule has 1 fully saturated rings. The molecule has 0 N–H and O–H groups in total. The van der Waals surface area contributed by atoms with Gasteiger partial charge in [-0.15, -0.1) is 0 Å². The van der Waals surface area contributed by atoms with Crippen LogP contribution >= 0.6 is 11.8 Å². The number of carbonyl (C=O) groups is 2. The fourth-order valence-electron chi connectivity index (χ4n) is 3.34. The van der Waals surface area contributed by atoms with E-state index in [1.165, 1.54) is 52.0 Å². The summed E-state index contributed by atoms with van der Waals surface area (Å²) in [5.74, 6) is 0.265. The van der Waals surface area contributed by atoms with E-state index in [1.54, 1.807) is 35.2 Å². The van der Waals surface area contributed by atoms with Crippen molar-refractivity contribution >= 4 is 44.3 Å². The minimum Gasteiger partial charge on any atom is -0.496 e. The summed E-state index contributed by atoms with van der Waals surface area (Å²) in [6.45, 7) is 3.95. The third-order valence-corrected chi connectivity index (χ3v) is 8.01. The molecule has 0 aromatic heterocycles. The molecule has 3 rings (SSSR count). The quantitative estimate of drug-likeness (QED) is 0.554. The van der Waals surface area contributed by atoms with E-state index >= 15 is 0 Å². The van der Waals surface area contributed by atoms with E-state index in [0.29, 0.717) is 34.3 Å². The standard InChI is InChI=1S/C23H27N3O5S2/c1-15-14-26(22(28)12-18-11-17(16(2)27)9-10-21(18)31-5)23(32-15)24-19-7-6-8-20(13-19)33(29,30)25(3)4/h6-11,13,15H,12,14H2,1-5H3. The molecular formula is C23H27N3O5S2. The molecule has 10 heteroatoms. The molecule has 176 valence electrons. The predicted octanol–water partition coefficient (Wildman–Crippen LogP) is 3.34. The normalized spacial score (nSPS) is 17.6. The zero-order valence-corrected chi connectivity index (χ0v) is 20.9. The highest BCUT2D eigenvalue weighted by atomic mass is 32.2. The van der Waals surface area contributed by atoms with Gasteiger partial charge in [0, 0.05) is 37.0 Å². The number of sulfonamides is 1. The number of hydrogen-bond donors (Lipinski definition) is 0. The summed E-state index contributed by atoms with van der Waals surface area (Å²) in [7, 11) is 0.863. The van der Waals surface area contributed by atoms with Gasteiger partial charge >= 0.3 is 0 Å². The van der Waals surface area contributed by atoms with E-state index in [4.69, 9.17) is 4.74 Å². The summed E-state index contributed by atoms with van der Waals surface area (Å²) >= 11 is 1.45. The molecule has 1 aliphatic heterocycles. The number of amides is 1. The minimum absolute atomic E-state index is 0.0473. The molecule has 2 aromatic carbocycles. The Bertz CT molecular complexity index is 1210. The van der Waals surface area contributed by atoms with Gasteiger partial charge in [-0.2, -0.15) is 0 Å². The zero-order chi connectivity index (χ0) is 24.3. The number of amidine groups is 1. The predicted molar refractivity (Wildman–Crippen MR) is 130 cm³/mol. The topological polar surface area (TPSA) is 96.4 Å². The molecule has 0 aliphatic carbocycles. The Labute approximate surface area is 198 Å². The lowest BCUT2D eigenvalue weighted by molar-refractivity contribution is -0.126. The number of nitrogens with zero attached hydrogens (tertiary/aromatic N) is 3. The summed E-state index contributed by atoms with van der Waals surface area (Å²) in [5.41, 5.74) is 1.58. The largest absolute Gasteiger partial charge is 0.496 e. The summed E-state index contributed by atoms with van der Waals surface area (Å²) < 4.78 is 31.4. The van der Waals surface area contributed by atoms with Crippen molar-refractivity contribution in [1.82, 2.24) is 9.21 Å².